The molecule has 0 unspecified atom stereocenters. The van der Waals surface area contributed by atoms with E-state index in [0.717, 1.165) is 47.0 Å². The van der Waals surface area contributed by atoms with Gasteiger partial charge < -0.3 is 15.1 Å². The van der Waals surface area contributed by atoms with Gasteiger partial charge in [0.1, 0.15) is 0 Å². The first-order chi connectivity index (χ1) is 13.6. The van der Waals surface area contributed by atoms with Crippen molar-refractivity contribution in [2.75, 3.05) is 36.4 Å². The van der Waals surface area contributed by atoms with Gasteiger partial charge in [0.05, 0.1) is 5.69 Å². The molecule has 1 aromatic carbocycles. The number of piperazine rings is 1. The third-order valence-electron chi connectivity index (χ3n) is 5.08. The number of H-pyrrole nitrogens is 1. The van der Waals surface area contributed by atoms with Crippen LogP contribution in [0.15, 0.2) is 48.8 Å². The molecule has 0 atom stereocenters. The molecule has 1 saturated heterocycles. The summed E-state index contributed by atoms with van der Waals surface area (Å²) in [6, 6.07) is 12.0. The smallest absolute Gasteiger partial charge is 0.321 e. The number of aryl methyl sites for hydroxylation is 2. The number of nitrogens with one attached hydrogen (secondary N) is 2. The lowest BCUT2D eigenvalue weighted by atomic mass is 10.1. The Kier molecular flexibility index (Phi) is 4.97. The number of hydrogen-bond acceptors (Lipinski definition) is 4. The van der Waals surface area contributed by atoms with Crippen LogP contribution in [0.1, 0.15) is 11.1 Å². The maximum Gasteiger partial charge on any atom is 0.321 e. The molecule has 0 saturated carbocycles. The highest BCUT2D eigenvalue weighted by Gasteiger charge is 2.23. The first-order valence-corrected chi connectivity index (χ1v) is 9.44. The van der Waals surface area contributed by atoms with Gasteiger partial charge in [-0.15, -0.1) is 0 Å². The minimum Gasteiger partial charge on any atom is -0.352 e. The summed E-state index contributed by atoms with van der Waals surface area (Å²) in [7, 11) is 0. The summed E-state index contributed by atoms with van der Waals surface area (Å²) in [4.78, 5) is 20.7. The number of aromatic amines is 1. The molecule has 7 heteroatoms. The predicted molar refractivity (Wildman–Crippen MR) is 111 cm³/mol. The van der Waals surface area contributed by atoms with Crippen LogP contribution in [-0.4, -0.2) is 52.3 Å². The molecule has 2 amide bonds. The topological polar surface area (TPSA) is 77.2 Å². The van der Waals surface area contributed by atoms with Crippen molar-refractivity contribution >= 4 is 17.5 Å². The summed E-state index contributed by atoms with van der Waals surface area (Å²) in [6.07, 6.45) is 3.53. The van der Waals surface area contributed by atoms with E-state index in [2.05, 4.69) is 25.4 Å². The van der Waals surface area contributed by atoms with Crippen LogP contribution < -0.4 is 10.2 Å². The van der Waals surface area contributed by atoms with E-state index in [1.165, 1.54) is 0 Å². The van der Waals surface area contributed by atoms with E-state index in [1.807, 2.05) is 55.1 Å². The molecule has 0 bridgehead atoms. The Balaban J connectivity index is 1.36. The summed E-state index contributed by atoms with van der Waals surface area (Å²) in [6.45, 7) is 6.85. The Morgan fingerprint density at radius 2 is 1.79 bits per heavy atom. The molecular formula is C21H24N6O. The standard InChI is InChI=1S/C21H24N6O/c1-15-3-4-16(2)18(13-15)23-21(28)27-11-9-26(10-12-27)20-14-19(24-25-20)17-5-7-22-8-6-17/h3-8,13-14H,9-12H2,1-2H3,(H,23,28)(H,24,25). The average molecular weight is 376 g/mol. The number of rotatable bonds is 3. The van der Waals surface area contributed by atoms with Gasteiger partial charge in [-0.1, -0.05) is 12.1 Å². The fourth-order valence-corrected chi connectivity index (χ4v) is 3.36. The Bertz CT molecular complexity index is 960. The summed E-state index contributed by atoms with van der Waals surface area (Å²) in [5.41, 5.74) is 5.10. The maximum atomic E-state index is 12.6. The zero-order valence-corrected chi connectivity index (χ0v) is 16.1. The van der Waals surface area contributed by atoms with Crippen molar-refractivity contribution in [1.82, 2.24) is 20.1 Å². The maximum absolute atomic E-state index is 12.6. The molecule has 0 spiro atoms. The molecule has 0 aliphatic carbocycles. The number of anilines is 2. The quantitative estimate of drug-likeness (QED) is 0.734. The van der Waals surface area contributed by atoms with Crippen LogP contribution in [0.25, 0.3) is 11.3 Å². The molecule has 3 aromatic rings. The highest BCUT2D eigenvalue weighted by atomic mass is 16.2. The van der Waals surface area contributed by atoms with E-state index in [9.17, 15) is 4.79 Å². The minimum atomic E-state index is -0.0483. The zero-order chi connectivity index (χ0) is 19.5. The zero-order valence-electron chi connectivity index (χ0n) is 16.1. The van der Waals surface area contributed by atoms with Gasteiger partial charge in [-0.05, 0) is 43.2 Å². The summed E-state index contributed by atoms with van der Waals surface area (Å²) in [5.74, 6) is 0.904. The summed E-state index contributed by atoms with van der Waals surface area (Å²) in [5, 5.41) is 10.6. The van der Waals surface area contributed by atoms with Crippen molar-refractivity contribution in [3.05, 3.63) is 59.9 Å². The number of benzene rings is 1. The van der Waals surface area contributed by atoms with E-state index in [0.29, 0.717) is 13.1 Å². The summed E-state index contributed by atoms with van der Waals surface area (Å²) < 4.78 is 0. The second-order valence-corrected chi connectivity index (χ2v) is 7.10. The van der Waals surface area contributed by atoms with Crippen molar-refractivity contribution in [1.29, 1.82) is 0 Å². The van der Waals surface area contributed by atoms with Gasteiger partial charge in [-0.2, -0.15) is 5.10 Å². The first kappa shape index (κ1) is 18.0. The largest absolute Gasteiger partial charge is 0.352 e. The Hall–Kier alpha value is -3.35. The average Bonchev–Trinajstić information content (AvgIpc) is 3.22. The monoisotopic (exact) mass is 376 g/mol. The van der Waals surface area contributed by atoms with Crippen LogP contribution in [0.5, 0.6) is 0 Å². The molecular weight excluding hydrogens is 352 g/mol. The van der Waals surface area contributed by atoms with Crippen molar-refractivity contribution in [3.8, 4) is 11.3 Å². The lowest BCUT2D eigenvalue weighted by Gasteiger charge is -2.34. The number of aromatic nitrogens is 3. The highest BCUT2D eigenvalue weighted by molar-refractivity contribution is 5.90. The molecule has 3 heterocycles. The van der Waals surface area contributed by atoms with Gasteiger partial charge in [-0.25, -0.2) is 4.79 Å². The molecule has 1 aliphatic rings. The van der Waals surface area contributed by atoms with Gasteiger partial charge in [0, 0.05) is 55.9 Å². The van der Waals surface area contributed by atoms with Crippen LogP contribution in [0, 0.1) is 13.8 Å². The molecule has 1 fully saturated rings. The van der Waals surface area contributed by atoms with Gasteiger partial charge in [0.25, 0.3) is 0 Å². The number of carbonyl (C=O) groups excluding carboxylic acids is 1. The van der Waals surface area contributed by atoms with E-state index in [4.69, 9.17) is 0 Å². The Labute approximate surface area is 164 Å². The SMILES string of the molecule is Cc1ccc(C)c(NC(=O)N2CCN(c3cc(-c4ccncc4)[nH]n3)CC2)c1. The molecule has 28 heavy (non-hydrogen) atoms. The van der Waals surface area contributed by atoms with Gasteiger partial charge in [-0.3, -0.25) is 10.1 Å². The lowest BCUT2D eigenvalue weighted by Crippen LogP contribution is -2.50. The predicted octanol–water partition coefficient (Wildman–Crippen LogP) is 3.44. The normalized spacial score (nSPS) is 14.2. The van der Waals surface area contributed by atoms with E-state index < -0.39 is 0 Å². The molecule has 2 aromatic heterocycles. The molecule has 2 N–H and O–H groups in total. The number of amides is 2. The number of pyridine rings is 1. The lowest BCUT2D eigenvalue weighted by molar-refractivity contribution is 0.208. The van der Waals surface area contributed by atoms with E-state index >= 15 is 0 Å². The van der Waals surface area contributed by atoms with Crippen LogP contribution in [0.4, 0.5) is 16.3 Å². The second kappa shape index (κ2) is 7.72. The third-order valence-corrected chi connectivity index (χ3v) is 5.08. The molecule has 4 rings (SSSR count). The number of nitrogens with zero attached hydrogens (tertiary/aromatic N) is 4. The Morgan fingerprint density at radius 3 is 2.54 bits per heavy atom. The fourth-order valence-electron chi connectivity index (χ4n) is 3.36. The van der Waals surface area contributed by atoms with Crippen molar-refractivity contribution in [2.24, 2.45) is 0 Å². The van der Waals surface area contributed by atoms with Crippen molar-refractivity contribution < 1.29 is 4.79 Å². The van der Waals surface area contributed by atoms with Crippen LogP contribution in [-0.2, 0) is 0 Å². The van der Waals surface area contributed by atoms with E-state index in [1.54, 1.807) is 12.4 Å². The molecule has 0 radical (unpaired) electrons. The van der Waals surface area contributed by atoms with Crippen molar-refractivity contribution in [3.63, 3.8) is 0 Å². The Morgan fingerprint density at radius 1 is 1.04 bits per heavy atom. The highest BCUT2D eigenvalue weighted by Crippen LogP contribution is 2.22. The van der Waals surface area contributed by atoms with Gasteiger partial charge >= 0.3 is 6.03 Å². The van der Waals surface area contributed by atoms with Crippen LogP contribution in [0.2, 0.25) is 0 Å². The molecule has 7 nitrogen and oxygen atoms in total. The first-order valence-electron chi connectivity index (χ1n) is 9.44. The second-order valence-electron chi connectivity index (χ2n) is 7.10. The molecule has 1 aliphatic heterocycles. The minimum absolute atomic E-state index is 0.0483. The fraction of sp³-hybridized carbons (Fsp3) is 0.286. The number of hydrogen-bond donors (Lipinski definition) is 2. The van der Waals surface area contributed by atoms with E-state index in [-0.39, 0.29) is 6.03 Å². The summed E-state index contributed by atoms with van der Waals surface area (Å²) >= 11 is 0. The number of urea groups is 1. The van der Waals surface area contributed by atoms with Gasteiger partial charge in [0.15, 0.2) is 5.82 Å². The van der Waals surface area contributed by atoms with Gasteiger partial charge in [0.2, 0.25) is 0 Å². The van der Waals surface area contributed by atoms with Crippen LogP contribution >= 0.6 is 0 Å². The third kappa shape index (κ3) is 3.83. The molecule has 144 valence electrons. The van der Waals surface area contributed by atoms with Crippen molar-refractivity contribution in [2.45, 2.75) is 13.8 Å². The number of carbonyl (C=O) groups is 1. The van der Waals surface area contributed by atoms with Crippen LogP contribution in [0.3, 0.4) is 0 Å².